The van der Waals surface area contributed by atoms with Crippen LogP contribution in [0.3, 0.4) is 0 Å². The number of rotatable bonds is 7. The molecule has 0 spiro atoms. The van der Waals surface area contributed by atoms with Crippen LogP contribution in [-0.2, 0) is 27.3 Å². The van der Waals surface area contributed by atoms with Crippen molar-refractivity contribution < 1.29 is 14.3 Å². The molecule has 3 rings (SSSR count). The van der Waals surface area contributed by atoms with Crippen molar-refractivity contribution in [2.24, 2.45) is 0 Å². The van der Waals surface area contributed by atoms with Crippen LogP contribution < -0.4 is 10.9 Å². The van der Waals surface area contributed by atoms with E-state index in [4.69, 9.17) is 4.74 Å². The summed E-state index contributed by atoms with van der Waals surface area (Å²) in [6.45, 7) is 1.63. The number of nitrogens with zero attached hydrogens (tertiary/aromatic N) is 2. The Morgan fingerprint density at radius 1 is 1.11 bits per heavy atom. The monoisotopic (exact) mass is 379 g/mol. The van der Waals surface area contributed by atoms with Gasteiger partial charge in [-0.3, -0.25) is 19.0 Å². The predicted molar refractivity (Wildman–Crippen MR) is 105 cm³/mol. The Bertz CT molecular complexity index is 1030. The maximum absolute atomic E-state index is 12.4. The fourth-order valence-electron chi connectivity index (χ4n) is 2.76. The van der Waals surface area contributed by atoms with E-state index in [-0.39, 0.29) is 18.0 Å². The Kier molecular flexibility index (Phi) is 6.16. The standard InChI is InChI=1S/C21H21N3O4/c1-15(20(26)22-12-11-16-7-3-2-4-8-16)28-19(25)13-24-14-23-18-10-6-5-9-17(18)21(24)27/h2-10,14-15H,11-13H2,1H3,(H,22,26)/t15-/m1/s1. The maximum atomic E-state index is 12.4. The summed E-state index contributed by atoms with van der Waals surface area (Å²) in [6, 6.07) is 16.6. The Balaban J connectivity index is 1.52. The van der Waals surface area contributed by atoms with Crippen molar-refractivity contribution in [3.8, 4) is 0 Å². The van der Waals surface area contributed by atoms with Crippen LogP contribution in [0.5, 0.6) is 0 Å². The molecule has 0 aliphatic carbocycles. The maximum Gasteiger partial charge on any atom is 0.326 e. The van der Waals surface area contributed by atoms with E-state index in [9.17, 15) is 14.4 Å². The molecule has 0 bridgehead atoms. The average Bonchev–Trinajstić information content (AvgIpc) is 2.71. The van der Waals surface area contributed by atoms with Gasteiger partial charge in [-0.15, -0.1) is 0 Å². The molecule has 1 amide bonds. The van der Waals surface area contributed by atoms with Gasteiger partial charge in [-0.2, -0.15) is 0 Å². The van der Waals surface area contributed by atoms with Gasteiger partial charge in [0.15, 0.2) is 6.10 Å². The summed E-state index contributed by atoms with van der Waals surface area (Å²) in [4.78, 5) is 40.8. The minimum atomic E-state index is -0.951. The molecule has 1 heterocycles. The number of fused-ring (bicyclic) bond motifs is 1. The second-order valence-corrected chi connectivity index (χ2v) is 6.35. The first-order valence-corrected chi connectivity index (χ1v) is 9.00. The number of esters is 1. The van der Waals surface area contributed by atoms with E-state index in [1.165, 1.54) is 17.8 Å². The second kappa shape index (κ2) is 8.94. The molecule has 1 aromatic heterocycles. The number of hydrogen-bond acceptors (Lipinski definition) is 5. The molecule has 28 heavy (non-hydrogen) atoms. The van der Waals surface area contributed by atoms with Crippen molar-refractivity contribution in [3.05, 3.63) is 76.8 Å². The van der Waals surface area contributed by atoms with Gasteiger partial charge in [0.1, 0.15) is 6.54 Å². The van der Waals surface area contributed by atoms with Gasteiger partial charge < -0.3 is 10.1 Å². The molecule has 0 saturated carbocycles. The smallest absolute Gasteiger partial charge is 0.326 e. The molecule has 3 aromatic rings. The summed E-state index contributed by atoms with van der Waals surface area (Å²) in [6.07, 6.45) is 1.04. The van der Waals surface area contributed by atoms with Crippen molar-refractivity contribution in [2.75, 3.05) is 6.54 Å². The van der Waals surface area contributed by atoms with Crippen LogP contribution in [0, 0.1) is 0 Å². The molecular weight excluding hydrogens is 358 g/mol. The van der Waals surface area contributed by atoms with Gasteiger partial charge in [-0.05, 0) is 31.0 Å². The number of carbonyl (C=O) groups excluding carboxylic acids is 2. The zero-order chi connectivity index (χ0) is 19.9. The highest BCUT2D eigenvalue weighted by Gasteiger charge is 2.18. The third-order valence-corrected chi connectivity index (χ3v) is 4.26. The van der Waals surface area contributed by atoms with Crippen LogP contribution in [-0.4, -0.2) is 34.1 Å². The van der Waals surface area contributed by atoms with E-state index in [1.54, 1.807) is 24.3 Å². The van der Waals surface area contributed by atoms with Crippen LogP contribution in [0.25, 0.3) is 10.9 Å². The highest BCUT2D eigenvalue weighted by molar-refractivity contribution is 5.83. The quantitative estimate of drug-likeness (QED) is 0.631. The fraction of sp³-hybridized carbons (Fsp3) is 0.238. The lowest BCUT2D eigenvalue weighted by molar-refractivity contribution is -0.155. The summed E-state index contributed by atoms with van der Waals surface area (Å²) < 4.78 is 6.32. The molecule has 7 nitrogen and oxygen atoms in total. The van der Waals surface area contributed by atoms with Crippen molar-refractivity contribution in [1.82, 2.24) is 14.9 Å². The SMILES string of the molecule is C[C@@H](OC(=O)Cn1cnc2ccccc2c1=O)C(=O)NCCc1ccccc1. The van der Waals surface area contributed by atoms with E-state index in [2.05, 4.69) is 10.3 Å². The second-order valence-electron chi connectivity index (χ2n) is 6.35. The zero-order valence-electron chi connectivity index (χ0n) is 15.5. The van der Waals surface area contributed by atoms with Crippen molar-refractivity contribution in [3.63, 3.8) is 0 Å². The van der Waals surface area contributed by atoms with Gasteiger partial charge in [-0.1, -0.05) is 42.5 Å². The highest BCUT2D eigenvalue weighted by atomic mass is 16.5. The lowest BCUT2D eigenvalue weighted by atomic mass is 10.1. The lowest BCUT2D eigenvalue weighted by Crippen LogP contribution is -2.38. The number of carbonyl (C=O) groups is 2. The topological polar surface area (TPSA) is 90.3 Å². The molecule has 1 atom stereocenters. The fourth-order valence-corrected chi connectivity index (χ4v) is 2.76. The summed E-state index contributed by atoms with van der Waals surface area (Å²) >= 11 is 0. The van der Waals surface area contributed by atoms with Crippen LogP contribution in [0.2, 0.25) is 0 Å². The molecular formula is C21H21N3O4. The van der Waals surface area contributed by atoms with Gasteiger partial charge >= 0.3 is 5.97 Å². The molecule has 0 saturated heterocycles. The first-order valence-electron chi connectivity index (χ1n) is 9.00. The van der Waals surface area contributed by atoms with E-state index >= 15 is 0 Å². The Hall–Kier alpha value is -3.48. The van der Waals surface area contributed by atoms with Crippen molar-refractivity contribution in [1.29, 1.82) is 0 Å². The zero-order valence-corrected chi connectivity index (χ0v) is 15.5. The number of hydrogen-bond donors (Lipinski definition) is 1. The van der Waals surface area contributed by atoms with Crippen LogP contribution in [0.4, 0.5) is 0 Å². The average molecular weight is 379 g/mol. The van der Waals surface area contributed by atoms with Gasteiger partial charge in [0.2, 0.25) is 0 Å². The van der Waals surface area contributed by atoms with E-state index in [1.807, 2.05) is 30.3 Å². The molecule has 1 N–H and O–H groups in total. The molecule has 0 fully saturated rings. The third-order valence-electron chi connectivity index (χ3n) is 4.26. The molecule has 0 aliphatic heterocycles. The van der Waals surface area contributed by atoms with Crippen LogP contribution in [0.15, 0.2) is 65.7 Å². The molecule has 2 aromatic carbocycles. The van der Waals surface area contributed by atoms with Gasteiger partial charge in [0, 0.05) is 6.54 Å². The van der Waals surface area contributed by atoms with Crippen LogP contribution >= 0.6 is 0 Å². The Morgan fingerprint density at radius 3 is 2.61 bits per heavy atom. The van der Waals surface area contributed by atoms with E-state index < -0.39 is 12.1 Å². The van der Waals surface area contributed by atoms with Gasteiger partial charge in [0.25, 0.3) is 11.5 Å². The molecule has 0 radical (unpaired) electrons. The highest BCUT2D eigenvalue weighted by Crippen LogP contribution is 2.05. The largest absolute Gasteiger partial charge is 0.451 e. The normalized spacial score (nSPS) is 11.8. The molecule has 7 heteroatoms. The molecule has 0 unspecified atom stereocenters. The Labute approximate surface area is 162 Å². The minimum absolute atomic E-state index is 0.307. The lowest BCUT2D eigenvalue weighted by Gasteiger charge is -2.14. The predicted octanol–water partition coefficient (Wildman–Crippen LogP) is 1.69. The Morgan fingerprint density at radius 2 is 1.82 bits per heavy atom. The number of para-hydroxylation sites is 1. The number of aromatic nitrogens is 2. The summed E-state index contributed by atoms with van der Waals surface area (Å²) in [5, 5.41) is 3.16. The van der Waals surface area contributed by atoms with Crippen molar-refractivity contribution >= 4 is 22.8 Å². The number of ether oxygens (including phenoxy) is 1. The van der Waals surface area contributed by atoms with E-state index in [0.717, 1.165) is 5.56 Å². The first kappa shape index (κ1) is 19.3. The number of amides is 1. The van der Waals surface area contributed by atoms with Gasteiger partial charge in [-0.25, -0.2) is 4.98 Å². The van der Waals surface area contributed by atoms with Gasteiger partial charge in [0.05, 0.1) is 17.2 Å². The summed E-state index contributed by atoms with van der Waals surface area (Å²) in [7, 11) is 0. The van der Waals surface area contributed by atoms with E-state index in [0.29, 0.717) is 23.9 Å². The molecule has 144 valence electrons. The summed E-state index contributed by atoms with van der Waals surface area (Å²) in [5.74, 6) is -1.06. The summed E-state index contributed by atoms with van der Waals surface area (Å²) in [5.41, 5.74) is 1.33. The van der Waals surface area contributed by atoms with Crippen LogP contribution in [0.1, 0.15) is 12.5 Å². The first-order chi connectivity index (χ1) is 13.5. The minimum Gasteiger partial charge on any atom is -0.451 e. The number of nitrogens with one attached hydrogen (secondary N) is 1. The van der Waals surface area contributed by atoms with Crippen molar-refractivity contribution in [2.45, 2.75) is 26.0 Å². The molecule has 0 aliphatic rings. The third kappa shape index (κ3) is 4.82. The number of benzene rings is 2.